The number of amides is 2. The lowest BCUT2D eigenvalue weighted by molar-refractivity contribution is 0.132. The van der Waals surface area contributed by atoms with Crippen LogP contribution in [0, 0.1) is 18.3 Å². The number of nitrogens with zero attached hydrogens (tertiary/aromatic N) is 4. The standard InChI is InChI=1S/C25H25N5O2/c1-2-18-7-11-29(12-8-18)25(31)30-13-14-32-23-6-4-19(15-21(23)17-30)20-3-5-22(28-16-20)24-26-9-10-27-24/h1,3-6,9-10,15-16,18H,7-8,11-14,17H2,(H,26,27). The fraction of sp³-hybridized carbons (Fsp3) is 0.320. The van der Waals surface area contributed by atoms with E-state index in [1.54, 1.807) is 12.4 Å². The lowest BCUT2D eigenvalue weighted by Gasteiger charge is -2.34. The minimum atomic E-state index is 0.0618. The molecule has 2 amide bonds. The Hall–Kier alpha value is -3.79. The number of hydrogen-bond acceptors (Lipinski definition) is 4. The van der Waals surface area contributed by atoms with Crippen LogP contribution in [0.25, 0.3) is 22.6 Å². The van der Waals surface area contributed by atoms with E-state index in [2.05, 4.69) is 26.9 Å². The second-order valence-electron chi connectivity index (χ2n) is 8.17. The molecule has 0 aliphatic carbocycles. The van der Waals surface area contributed by atoms with Gasteiger partial charge in [-0.15, -0.1) is 12.3 Å². The number of ether oxygens (including phenoxy) is 1. The number of terminal acetylenes is 1. The van der Waals surface area contributed by atoms with Crippen LogP contribution in [-0.4, -0.2) is 57.0 Å². The molecule has 1 N–H and O–H groups in total. The second-order valence-corrected chi connectivity index (χ2v) is 8.17. The van der Waals surface area contributed by atoms with Gasteiger partial charge in [-0.2, -0.15) is 0 Å². The first-order valence-corrected chi connectivity index (χ1v) is 10.9. The Morgan fingerprint density at radius 3 is 2.66 bits per heavy atom. The minimum absolute atomic E-state index is 0.0618. The van der Waals surface area contributed by atoms with Crippen LogP contribution in [0.2, 0.25) is 0 Å². The van der Waals surface area contributed by atoms with Crippen LogP contribution in [0.3, 0.4) is 0 Å². The van der Waals surface area contributed by atoms with E-state index in [0.717, 1.165) is 46.8 Å². The molecule has 1 fully saturated rings. The van der Waals surface area contributed by atoms with Crippen LogP contribution >= 0.6 is 0 Å². The van der Waals surface area contributed by atoms with Crippen molar-refractivity contribution >= 4 is 6.03 Å². The van der Waals surface area contributed by atoms with E-state index in [4.69, 9.17) is 11.2 Å². The molecule has 7 nitrogen and oxygen atoms in total. The van der Waals surface area contributed by atoms with Crippen molar-refractivity contribution in [2.45, 2.75) is 19.4 Å². The summed E-state index contributed by atoms with van der Waals surface area (Å²) >= 11 is 0. The molecule has 2 aliphatic rings. The van der Waals surface area contributed by atoms with Crippen molar-refractivity contribution in [2.75, 3.05) is 26.2 Å². The summed E-state index contributed by atoms with van der Waals surface area (Å²) in [6.07, 6.45) is 12.6. The van der Waals surface area contributed by atoms with Crippen LogP contribution in [0.1, 0.15) is 18.4 Å². The molecular weight excluding hydrogens is 402 g/mol. The lowest BCUT2D eigenvalue weighted by atomic mass is 9.98. The summed E-state index contributed by atoms with van der Waals surface area (Å²) in [5.41, 5.74) is 3.83. The van der Waals surface area contributed by atoms with Gasteiger partial charge in [-0.25, -0.2) is 9.78 Å². The number of rotatable bonds is 2. The Bertz CT molecular complexity index is 1130. The van der Waals surface area contributed by atoms with Crippen molar-refractivity contribution in [3.05, 3.63) is 54.5 Å². The highest BCUT2D eigenvalue weighted by atomic mass is 16.5. The fourth-order valence-electron chi connectivity index (χ4n) is 4.28. The molecule has 1 saturated heterocycles. The molecule has 2 aromatic heterocycles. The molecule has 0 saturated carbocycles. The Labute approximate surface area is 187 Å². The van der Waals surface area contributed by atoms with Crippen molar-refractivity contribution in [1.29, 1.82) is 0 Å². The number of aromatic amines is 1. The van der Waals surface area contributed by atoms with E-state index < -0.39 is 0 Å². The van der Waals surface area contributed by atoms with E-state index >= 15 is 0 Å². The zero-order valence-corrected chi connectivity index (χ0v) is 17.8. The molecule has 0 bridgehead atoms. The number of nitrogens with one attached hydrogen (secondary N) is 1. The monoisotopic (exact) mass is 427 g/mol. The van der Waals surface area contributed by atoms with E-state index in [0.29, 0.717) is 32.8 Å². The topological polar surface area (TPSA) is 74.3 Å². The van der Waals surface area contributed by atoms with Crippen molar-refractivity contribution < 1.29 is 9.53 Å². The van der Waals surface area contributed by atoms with Gasteiger partial charge < -0.3 is 19.5 Å². The number of pyridine rings is 1. The van der Waals surface area contributed by atoms with Gasteiger partial charge in [-0.1, -0.05) is 12.1 Å². The van der Waals surface area contributed by atoms with Gasteiger partial charge in [0.25, 0.3) is 0 Å². The predicted molar refractivity (Wildman–Crippen MR) is 122 cm³/mol. The molecule has 5 rings (SSSR count). The van der Waals surface area contributed by atoms with Crippen molar-refractivity contribution in [1.82, 2.24) is 24.8 Å². The summed E-state index contributed by atoms with van der Waals surface area (Å²) < 4.78 is 5.94. The lowest BCUT2D eigenvalue weighted by Crippen LogP contribution is -2.46. The van der Waals surface area contributed by atoms with E-state index in [1.807, 2.05) is 40.3 Å². The van der Waals surface area contributed by atoms with Crippen LogP contribution in [0.5, 0.6) is 5.75 Å². The third-order valence-electron chi connectivity index (χ3n) is 6.15. The molecule has 32 heavy (non-hydrogen) atoms. The zero-order chi connectivity index (χ0) is 21.9. The van der Waals surface area contributed by atoms with Gasteiger partial charge in [0.2, 0.25) is 0 Å². The molecular formula is C25H25N5O2. The number of urea groups is 1. The average Bonchev–Trinajstić information content (AvgIpc) is 3.30. The number of carbonyl (C=O) groups is 1. The highest BCUT2D eigenvalue weighted by molar-refractivity contribution is 5.75. The minimum Gasteiger partial charge on any atom is -0.491 e. The molecule has 7 heteroatoms. The molecule has 0 radical (unpaired) electrons. The number of hydrogen-bond donors (Lipinski definition) is 1. The van der Waals surface area contributed by atoms with E-state index in [-0.39, 0.29) is 11.9 Å². The Morgan fingerprint density at radius 2 is 1.94 bits per heavy atom. The molecule has 2 aliphatic heterocycles. The molecule has 0 unspecified atom stereocenters. The number of H-pyrrole nitrogens is 1. The molecule has 4 heterocycles. The Balaban J connectivity index is 1.33. The van der Waals surface area contributed by atoms with Gasteiger partial charge in [-0.05, 0) is 36.6 Å². The Kier molecular flexibility index (Phi) is 5.51. The van der Waals surface area contributed by atoms with Gasteiger partial charge in [0.15, 0.2) is 5.82 Å². The number of benzene rings is 1. The number of imidazole rings is 1. The smallest absolute Gasteiger partial charge is 0.320 e. The summed E-state index contributed by atoms with van der Waals surface area (Å²) in [6, 6.07) is 10.2. The summed E-state index contributed by atoms with van der Waals surface area (Å²) in [6.45, 7) is 3.00. The van der Waals surface area contributed by atoms with Gasteiger partial charge in [0.1, 0.15) is 18.1 Å². The van der Waals surface area contributed by atoms with Crippen molar-refractivity contribution in [2.24, 2.45) is 5.92 Å². The summed E-state index contributed by atoms with van der Waals surface area (Å²) in [5.74, 6) is 4.67. The molecule has 0 atom stereocenters. The van der Waals surface area contributed by atoms with Gasteiger partial charge >= 0.3 is 6.03 Å². The van der Waals surface area contributed by atoms with Gasteiger partial charge in [0.05, 0.1) is 13.1 Å². The maximum absolute atomic E-state index is 13.1. The zero-order valence-electron chi connectivity index (χ0n) is 17.8. The maximum Gasteiger partial charge on any atom is 0.320 e. The molecule has 1 aromatic carbocycles. The number of carbonyl (C=O) groups excluding carboxylic acids is 1. The number of fused-ring (bicyclic) bond motifs is 1. The van der Waals surface area contributed by atoms with E-state index in [9.17, 15) is 4.79 Å². The number of piperidine rings is 1. The highest BCUT2D eigenvalue weighted by Crippen LogP contribution is 2.30. The second kappa shape index (κ2) is 8.75. The van der Waals surface area contributed by atoms with Crippen molar-refractivity contribution in [3.8, 4) is 40.7 Å². The largest absolute Gasteiger partial charge is 0.491 e. The summed E-state index contributed by atoms with van der Waals surface area (Å²) in [4.78, 5) is 28.8. The third-order valence-corrected chi connectivity index (χ3v) is 6.15. The fourth-order valence-corrected chi connectivity index (χ4v) is 4.28. The van der Waals surface area contributed by atoms with Gasteiger partial charge in [0, 0.05) is 48.7 Å². The normalized spacial score (nSPS) is 16.6. The summed E-state index contributed by atoms with van der Waals surface area (Å²) in [7, 11) is 0. The molecule has 0 spiro atoms. The van der Waals surface area contributed by atoms with E-state index in [1.165, 1.54) is 0 Å². The quantitative estimate of drug-likeness (QED) is 0.632. The van der Waals surface area contributed by atoms with Crippen LogP contribution in [0.4, 0.5) is 4.79 Å². The highest BCUT2D eigenvalue weighted by Gasteiger charge is 2.27. The summed E-state index contributed by atoms with van der Waals surface area (Å²) in [5, 5.41) is 0. The van der Waals surface area contributed by atoms with Crippen LogP contribution < -0.4 is 4.74 Å². The SMILES string of the molecule is C#CC1CCN(C(=O)N2CCOc3ccc(-c4ccc(-c5ncc[nH]5)nc4)cc3C2)CC1. The first-order valence-electron chi connectivity index (χ1n) is 10.9. The molecule has 3 aromatic rings. The average molecular weight is 428 g/mol. The third kappa shape index (κ3) is 4.04. The van der Waals surface area contributed by atoms with Crippen molar-refractivity contribution in [3.63, 3.8) is 0 Å². The first kappa shape index (κ1) is 20.1. The van der Waals surface area contributed by atoms with Crippen LogP contribution in [-0.2, 0) is 6.54 Å². The molecule has 162 valence electrons. The first-order chi connectivity index (χ1) is 15.7. The Morgan fingerprint density at radius 1 is 1.09 bits per heavy atom. The maximum atomic E-state index is 13.1. The van der Waals surface area contributed by atoms with Crippen LogP contribution in [0.15, 0.2) is 48.9 Å². The van der Waals surface area contributed by atoms with Gasteiger partial charge in [-0.3, -0.25) is 4.98 Å². The number of aromatic nitrogens is 3. The predicted octanol–water partition coefficient (Wildman–Crippen LogP) is 3.80. The number of likely N-dealkylation sites (tertiary alicyclic amines) is 1.